The summed E-state index contributed by atoms with van der Waals surface area (Å²) in [5.41, 5.74) is 1.24. The molecule has 0 aromatic carbocycles. The molecular weight excluding hydrogens is 238 g/mol. The number of carbonyl (C=O) groups excluding carboxylic acids is 1. The van der Waals surface area contributed by atoms with Crippen molar-refractivity contribution in [3.05, 3.63) is 24.0 Å². The molecule has 2 unspecified atom stereocenters. The summed E-state index contributed by atoms with van der Waals surface area (Å²) >= 11 is 0. The number of nitrogens with one attached hydrogen (secondary N) is 2. The molecule has 0 aliphatic rings. The van der Waals surface area contributed by atoms with E-state index in [-0.39, 0.29) is 11.9 Å². The van der Waals surface area contributed by atoms with Crippen LogP contribution in [0.2, 0.25) is 0 Å². The molecule has 0 saturated heterocycles. The second-order valence-corrected chi connectivity index (χ2v) is 5.12. The van der Waals surface area contributed by atoms with Crippen molar-refractivity contribution >= 4 is 5.91 Å². The van der Waals surface area contributed by atoms with Crippen molar-refractivity contribution in [2.24, 2.45) is 0 Å². The van der Waals surface area contributed by atoms with Crippen LogP contribution in [0, 0.1) is 0 Å². The summed E-state index contributed by atoms with van der Waals surface area (Å²) in [4.78, 5) is 11.9. The Labute approximate surface area is 116 Å². The third kappa shape index (κ3) is 5.07. The second-order valence-electron chi connectivity index (χ2n) is 5.12. The van der Waals surface area contributed by atoms with Crippen LogP contribution < -0.4 is 10.6 Å². The number of hydrogen-bond acceptors (Lipinski definition) is 2. The van der Waals surface area contributed by atoms with Gasteiger partial charge in [-0.15, -0.1) is 0 Å². The van der Waals surface area contributed by atoms with Crippen LogP contribution in [-0.4, -0.2) is 23.6 Å². The number of rotatable bonds is 8. The smallest absolute Gasteiger partial charge is 0.240 e. The fourth-order valence-corrected chi connectivity index (χ4v) is 2.36. The summed E-state index contributed by atoms with van der Waals surface area (Å²) in [6.07, 6.45) is 7.18. The summed E-state index contributed by atoms with van der Waals surface area (Å²) in [6, 6.07) is 2.70. The first kappa shape index (κ1) is 15.8. The molecule has 108 valence electrons. The van der Waals surface area contributed by atoms with E-state index in [9.17, 15) is 4.79 Å². The topological polar surface area (TPSA) is 46.1 Å². The van der Waals surface area contributed by atoms with Crippen molar-refractivity contribution in [2.45, 2.75) is 58.7 Å². The molecular formula is C15H27N3O. The van der Waals surface area contributed by atoms with E-state index in [1.165, 1.54) is 5.56 Å². The summed E-state index contributed by atoms with van der Waals surface area (Å²) in [7, 11) is 1.96. The molecule has 0 bridgehead atoms. The van der Waals surface area contributed by atoms with Gasteiger partial charge in [0.25, 0.3) is 0 Å². The maximum atomic E-state index is 11.9. The molecule has 19 heavy (non-hydrogen) atoms. The maximum absolute atomic E-state index is 11.9. The third-order valence-electron chi connectivity index (χ3n) is 3.39. The quantitative estimate of drug-likeness (QED) is 0.758. The van der Waals surface area contributed by atoms with Crippen LogP contribution in [-0.2, 0) is 11.3 Å². The number of amides is 1. The van der Waals surface area contributed by atoms with Gasteiger partial charge >= 0.3 is 0 Å². The molecule has 4 nitrogen and oxygen atoms in total. The van der Waals surface area contributed by atoms with Gasteiger partial charge in [-0.1, -0.05) is 20.3 Å². The monoisotopic (exact) mass is 265 g/mol. The number of hydrogen-bond donors (Lipinski definition) is 2. The minimum absolute atomic E-state index is 0.0839. The number of aromatic nitrogens is 1. The van der Waals surface area contributed by atoms with Gasteiger partial charge in [-0.25, -0.2) is 0 Å². The van der Waals surface area contributed by atoms with Gasteiger partial charge in [0.05, 0.1) is 0 Å². The van der Waals surface area contributed by atoms with Crippen molar-refractivity contribution in [2.75, 3.05) is 7.05 Å². The zero-order chi connectivity index (χ0) is 14.3. The lowest BCUT2D eigenvalue weighted by atomic mass is 10.1. The number of nitrogens with zero attached hydrogens (tertiary/aromatic N) is 1. The zero-order valence-electron chi connectivity index (χ0n) is 12.6. The average molecular weight is 265 g/mol. The molecule has 0 aliphatic heterocycles. The van der Waals surface area contributed by atoms with E-state index < -0.39 is 0 Å². The molecule has 0 fully saturated rings. The Bertz CT molecular complexity index is 382. The molecule has 2 atom stereocenters. The molecule has 0 spiro atoms. The van der Waals surface area contributed by atoms with Crippen molar-refractivity contribution in [3.63, 3.8) is 0 Å². The van der Waals surface area contributed by atoms with Crippen LogP contribution in [0.3, 0.4) is 0 Å². The predicted molar refractivity (Wildman–Crippen MR) is 79.0 cm³/mol. The van der Waals surface area contributed by atoms with E-state index >= 15 is 0 Å². The second kappa shape index (κ2) is 8.00. The van der Waals surface area contributed by atoms with Gasteiger partial charge in [-0.3, -0.25) is 4.79 Å². The lowest BCUT2D eigenvalue weighted by Gasteiger charge is -2.13. The normalized spacial score (nSPS) is 14.1. The Morgan fingerprint density at radius 3 is 2.74 bits per heavy atom. The maximum Gasteiger partial charge on any atom is 0.240 e. The Morgan fingerprint density at radius 1 is 1.42 bits per heavy atom. The lowest BCUT2D eigenvalue weighted by molar-refractivity contribution is -0.122. The highest BCUT2D eigenvalue weighted by Crippen LogP contribution is 2.16. The van der Waals surface area contributed by atoms with E-state index in [0.29, 0.717) is 12.6 Å². The summed E-state index contributed by atoms with van der Waals surface area (Å²) < 4.78 is 1.95. The van der Waals surface area contributed by atoms with Crippen LogP contribution in [0.5, 0.6) is 0 Å². The average Bonchev–Trinajstić information content (AvgIpc) is 2.79. The highest BCUT2D eigenvalue weighted by atomic mass is 16.2. The third-order valence-corrected chi connectivity index (χ3v) is 3.39. The molecule has 1 rings (SSSR count). The minimum Gasteiger partial charge on any atom is -0.352 e. The molecule has 4 heteroatoms. The molecule has 1 amide bonds. The van der Waals surface area contributed by atoms with E-state index in [1.807, 2.05) is 17.8 Å². The first-order valence-corrected chi connectivity index (χ1v) is 7.23. The van der Waals surface area contributed by atoms with E-state index in [4.69, 9.17) is 0 Å². The van der Waals surface area contributed by atoms with Gasteiger partial charge in [-0.05, 0) is 38.4 Å². The Morgan fingerprint density at radius 2 is 2.16 bits per heavy atom. The van der Waals surface area contributed by atoms with Crippen LogP contribution in [0.25, 0.3) is 0 Å². The first-order valence-electron chi connectivity index (χ1n) is 7.23. The predicted octanol–water partition coefficient (Wildman–Crippen LogP) is 2.46. The van der Waals surface area contributed by atoms with Crippen molar-refractivity contribution in [3.8, 4) is 0 Å². The first-order chi connectivity index (χ1) is 9.10. The Balaban J connectivity index is 2.51. The van der Waals surface area contributed by atoms with Crippen LogP contribution >= 0.6 is 0 Å². The van der Waals surface area contributed by atoms with Crippen LogP contribution in [0.1, 0.15) is 51.6 Å². The summed E-state index contributed by atoms with van der Waals surface area (Å²) in [5, 5.41) is 6.29. The summed E-state index contributed by atoms with van der Waals surface area (Å²) in [6.45, 7) is 6.73. The fourth-order valence-electron chi connectivity index (χ4n) is 2.36. The molecule has 0 saturated carbocycles. The van der Waals surface area contributed by atoms with Crippen molar-refractivity contribution in [1.29, 1.82) is 0 Å². The SMILES string of the molecule is CCCC(C)NC(=O)Cn1ccc(C(CC)NC)c1. The minimum atomic E-state index is 0.0839. The molecule has 1 heterocycles. The molecule has 0 aliphatic carbocycles. The van der Waals surface area contributed by atoms with E-state index in [0.717, 1.165) is 19.3 Å². The van der Waals surface area contributed by atoms with Gasteiger partial charge in [0, 0.05) is 24.5 Å². The Kier molecular flexibility index (Phi) is 6.64. The van der Waals surface area contributed by atoms with Crippen LogP contribution in [0.4, 0.5) is 0 Å². The van der Waals surface area contributed by atoms with Gasteiger partial charge in [0.15, 0.2) is 0 Å². The van der Waals surface area contributed by atoms with Gasteiger partial charge < -0.3 is 15.2 Å². The molecule has 0 radical (unpaired) electrons. The van der Waals surface area contributed by atoms with Crippen LogP contribution in [0.15, 0.2) is 18.5 Å². The lowest BCUT2D eigenvalue weighted by Crippen LogP contribution is -2.34. The molecule has 1 aromatic heterocycles. The highest BCUT2D eigenvalue weighted by molar-refractivity contribution is 5.76. The van der Waals surface area contributed by atoms with Gasteiger partial charge in [0.1, 0.15) is 6.54 Å². The standard InChI is InChI=1S/C15H27N3O/c1-5-7-12(3)17-15(19)11-18-9-8-13(10-18)14(6-2)16-4/h8-10,12,14,16H,5-7,11H2,1-4H3,(H,17,19). The summed E-state index contributed by atoms with van der Waals surface area (Å²) in [5.74, 6) is 0.0839. The van der Waals surface area contributed by atoms with Crippen molar-refractivity contribution in [1.82, 2.24) is 15.2 Å². The largest absolute Gasteiger partial charge is 0.352 e. The fraction of sp³-hybridized carbons (Fsp3) is 0.667. The van der Waals surface area contributed by atoms with Gasteiger partial charge in [-0.2, -0.15) is 0 Å². The number of carbonyl (C=O) groups is 1. The molecule has 1 aromatic rings. The van der Waals surface area contributed by atoms with Crippen molar-refractivity contribution < 1.29 is 4.79 Å². The zero-order valence-corrected chi connectivity index (χ0v) is 12.6. The van der Waals surface area contributed by atoms with Gasteiger partial charge in [0.2, 0.25) is 5.91 Å². The van der Waals surface area contributed by atoms with E-state index in [1.54, 1.807) is 0 Å². The highest BCUT2D eigenvalue weighted by Gasteiger charge is 2.10. The van der Waals surface area contributed by atoms with E-state index in [2.05, 4.69) is 43.7 Å². The molecule has 2 N–H and O–H groups in total. The Hall–Kier alpha value is -1.29.